The van der Waals surface area contributed by atoms with Crippen LogP contribution in [0.15, 0.2) is 36.5 Å². The highest BCUT2D eigenvalue weighted by Gasteiger charge is 2.21. The highest BCUT2D eigenvalue weighted by molar-refractivity contribution is 5.88. The third-order valence-electron chi connectivity index (χ3n) is 2.32. The Labute approximate surface area is 111 Å². The molecule has 20 heavy (non-hydrogen) atoms. The van der Waals surface area contributed by atoms with Gasteiger partial charge in [-0.25, -0.2) is 14.2 Å². The number of ether oxygens (including phenoxy) is 1. The minimum absolute atomic E-state index is 0.244. The molecule has 0 radical (unpaired) electrons. The zero-order chi connectivity index (χ0) is 14.7. The number of aromatic carboxylic acids is 1. The summed E-state index contributed by atoms with van der Waals surface area (Å²) in [6.45, 7) is 0. The number of para-hydroxylation sites is 1. The number of carboxylic acids is 1. The first-order chi connectivity index (χ1) is 9.49. The van der Waals surface area contributed by atoms with E-state index in [4.69, 9.17) is 9.84 Å². The lowest BCUT2D eigenvalue weighted by Crippen LogP contribution is -2.02. The number of nitro groups is 1. The van der Waals surface area contributed by atoms with Crippen molar-refractivity contribution in [2.75, 3.05) is 0 Å². The van der Waals surface area contributed by atoms with Crippen LogP contribution in [-0.4, -0.2) is 21.0 Å². The van der Waals surface area contributed by atoms with Crippen molar-refractivity contribution in [3.05, 3.63) is 58.0 Å². The van der Waals surface area contributed by atoms with Crippen molar-refractivity contribution in [1.82, 2.24) is 4.98 Å². The number of hydrogen-bond acceptors (Lipinski definition) is 5. The predicted molar refractivity (Wildman–Crippen MR) is 64.3 cm³/mol. The van der Waals surface area contributed by atoms with Crippen LogP contribution in [0.2, 0.25) is 0 Å². The van der Waals surface area contributed by atoms with Gasteiger partial charge < -0.3 is 9.84 Å². The van der Waals surface area contributed by atoms with Crippen molar-refractivity contribution in [3.8, 4) is 11.6 Å². The van der Waals surface area contributed by atoms with Crippen molar-refractivity contribution in [3.63, 3.8) is 0 Å². The Bertz CT molecular complexity index is 689. The molecule has 2 rings (SSSR count). The van der Waals surface area contributed by atoms with Crippen molar-refractivity contribution in [2.24, 2.45) is 0 Å². The molecule has 1 aromatic heterocycles. The quantitative estimate of drug-likeness (QED) is 0.681. The normalized spacial score (nSPS) is 10.1. The number of benzene rings is 1. The minimum atomic E-state index is -1.36. The summed E-state index contributed by atoms with van der Waals surface area (Å²) in [5.74, 6) is -2.81. The van der Waals surface area contributed by atoms with Crippen LogP contribution >= 0.6 is 0 Å². The first kappa shape index (κ1) is 13.4. The van der Waals surface area contributed by atoms with E-state index in [0.29, 0.717) is 0 Å². The van der Waals surface area contributed by atoms with Crippen LogP contribution < -0.4 is 4.74 Å². The SMILES string of the molecule is O=C(O)c1cnc(Oc2ccccc2F)c([N+](=O)[O-])c1. The topological polar surface area (TPSA) is 103 Å². The molecule has 1 aromatic carbocycles. The lowest BCUT2D eigenvalue weighted by Gasteiger charge is -2.06. The average Bonchev–Trinajstić information content (AvgIpc) is 2.41. The van der Waals surface area contributed by atoms with Crippen LogP contribution in [0.25, 0.3) is 0 Å². The maximum atomic E-state index is 13.4. The van der Waals surface area contributed by atoms with Gasteiger partial charge in [0.05, 0.1) is 10.5 Å². The number of pyridine rings is 1. The molecule has 0 saturated heterocycles. The summed E-state index contributed by atoms with van der Waals surface area (Å²) < 4.78 is 18.4. The molecule has 0 spiro atoms. The average molecular weight is 278 g/mol. The molecule has 0 aliphatic rings. The summed E-state index contributed by atoms with van der Waals surface area (Å²) in [6, 6.07) is 6.09. The molecular formula is C12H7FN2O5. The summed E-state index contributed by atoms with van der Waals surface area (Å²) >= 11 is 0. The maximum absolute atomic E-state index is 13.4. The standard InChI is InChI=1S/C12H7FN2O5/c13-8-3-1-2-4-10(8)20-11-9(15(18)19)5-7(6-14-11)12(16)17/h1-6H,(H,16,17). The molecule has 102 valence electrons. The van der Waals surface area contributed by atoms with Crippen molar-refractivity contribution < 1.29 is 24.0 Å². The number of rotatable bonds is 4. The Hall–Kier alpha value is -3.03. The van der Waals surface area contributed by atoms with Gasteiger partial charge >= 0.3 is 11.7 Å². The molecule has 0 fully saturated rings. The number of halogens is 1. The Morgan fingerprint density at radius 1 is 1.40 bits per heavy atom. The molecule has 0 amide bonds. The molecule has 7 nitrogen and oxygen atoms in total. The van der Waals surface area contributed by atoms with E-state index in [0.717, 1.165) is 18.3 Å². The van der Waals surface area contributed by atoms with E-state index in [9.17, 15) is 19.3 Å². The number of hydrogen-bond donors (Lipinski definition) is 1. The second kappa shape index (κ2) is 5.31. The van der Waals surface area contributed by atoms with Gasteiger partial charge in [0.25, 0.3) is 5.88 Å². The Morgan fingerprint density at radius 2 is 2.10 bits per heavy atom. The fraction of sp³-hybridized carbons (Fsp3) is 0. The molecule has 0 saturated carbocycles. The number of nitrogens with zero attached hydrogens (tertiary/aromatic N) is 2. The molecule has 1 heterocycles. The van der Waals surface area contributed by atoms with E-state index in [1.807, 2.05) is 0 Å². The molecule has 0 bridgehead atoms. The van der Waals surface area contributed by atoms with E-state index < -0.39 is 28.3 Å². The van der Waals surface area contributed by atoms with E-state index in [2.05, 4.69) is 4.98 Å². The van der Waals surface area contributed by atoms with Gasteiger partial charge in [-0.3, -0.25) is 10.1 Å². The zero-order valence-corrected chi connectivity index (χ0v) is 9.82. The van der Waals surface area contributed by atoms with Crippen molar-refractivity contribution in [2.45, 2.75) is 0 Å². The number of carbonyl (C=O) groups is 1. The van der Waals surface area contributed by atoms with Gasteiger partial charge in [0.15, 0.2) is 11.6 Å². The Morgan fingerprint density at radius 3 is 2.70 bits per heavy atom. The van der Waals surface area contributed by atoms with E-state index in [1.54, 1.807) is 0 Å². The van der Waals surface area contributed by atoms with Gasteiger partial charge in [-0.1, -0.05) is 12.1 Å². The van der Waals surface area contributed by atoms with Crippen LogP contribution in [0, 0.1) is 15.9 Å². The van der Waals surface area contributed by atoms with Crippen LogP contribution in [0.5, 0.6) is 11.6 Å². The number of aromatic nitrogens is 1. The first-order valence-corrected chi connectivity index (χ1v) is 5.29. The second-order valence-electron chi connectivity index (χ2n) is 3.64. The third-order valence-corrected chi connectivity index (χ3v) is 2.32. The van der Waals surface area contributed by atoms with E-state index in [-0.39, 0.29) is 11.3 Å². The summed E-state index contributed by atoms with van der Waals surface area (Å²) in [7, 11) is 0. The lowest BCUT2D eigenvalue weighted by atomic mass is 10.2. The van der Waals surface area contributed by atoms with Crippen LogP contribution in [0.3, 0.4) is 0 Å². The van der Waals surface area contributed by atoms with Crippen molar-refractivity contribution in [1.29, 1.82) is 0 Å². The van der Waals surface area contributed by atoms with Crippen LogP contribution in [-0.2, 0) is 0 Å². The number of carboxylic acid groups (broad SMARTS) is 1. The van der Waals surface area contributed by atoms with E-state index >= 15 is 0 Å². The summed E-state index contributed by atoms with van der Waals surface area (Å²) in [5, 5.41) is 19.6. The highest BCUT2D eigenvalue weighted by Crippen LogP contribution is 2.30. The fourth-order valence-electron chi connectivity index (χ4n) is 1.40. The molecule has 2 aromatic rings. The Balaban J connectivity index is 2.44. The van der Waals surface area contributed by atoms with Gasteiger partial charge in [0, 0.05) is 12.3 Å². The van der Waals surface area contributed by atoms with Crippen molar-refractivity contribution >= 4 is 11.7 Å². The van der Waals surface area contributed by atoms with Gasteiger partial charge in [0.1, 0.15) is 0 Å². The summed E-state index contributed by atoms with van der Waals surface area (Å²) in [4.78, 5) is 24.3. The molecule has 0 atom stereocenters. The van der Waals surface area contributed by atoms with Gasteiger partial charge in [-0.2, -0.15) is 0 Å². The summed E-state index contributed by atoms with van der Waals surface area (Å²) in [5.41, 5.74) is -1.02. The maximum Gasteiger partial charge on any atom is 0.337 e. The van der Waals surface area contributed by atoms with E-state index in [1.165, 1.54) is 18.2 Å². The zero-order valence-electron chi connectivity index (χ0n) is 9.82. The second-order valence-corrected chi connectivity index (χ2v) is 3.64. The molecule has 0 aliphatic carbocycles. The molecule has 0 unspecified atom stereocenters. The predicted octanol–water partition coefficient (Wildman–Crippen LogP) is 2.62. The van der Waals surface area contributed by atoms with Gasteiger partial charge in [-0.15, -0.1) is 0 Å². The minimum Gasteiger partial charge on any atom is -0.478 e. The first-order valence-electron chi connectivity index (χ1n) is 5.29. The smallest absolute Gasteiger partial charge is 0.337 e. The molecule has 1 N–H and O–H groups in total. The van der Waals surface area contributed by atoms with Crippen LogP contribution in [0.1, 0.15) is 10.4 Å². The van der Waals surface area contributed by atoms with Gasteiger partial charge in [0.2, 0.25) is 0 Å². The lowest BCUT2D eigenvalue weighted by molar-refractivity contribution is -0.386. The Kier molecular flexibility index (Phi) is 3.56. The largest absolute Gasteiger partial charge is 0.478 e. The molecule has 8 heteroatoms. The summed E-state index contributed by atoms with van der Waals surface area (Å²) in [6.07, 6.45) is 0.894. The third kappa shape index (κ3) is 2.69. The molecular weight excluding hydrogens is 271 g/mol. The fourth-order valence-corrected chi connectivity index (χ4v) is 1.40. The highest BCUT2D eigenvalue weighted by atomic mass is 19.1. The molecule has 0 aliphatic heterocycles. The van der Waals surface area contributed by atoms with Gasteiger partial charge in [-0.05, 0) is 12.1 Å². The van der Waals surface area contributed by atoms with Crippen LogP contribution in [0.4, 0.5) is 10.1 Å². The monoisotopic (exact) mass is 278 g/mol.